The Hall–Kier alpha value is -2.00. The average molecular weight is 257 g/mol. The molecule has 0 unspecified atom stereocenters. The Bertz CT molecular complexity index is 508. The van der Waals surface area contributed by atoms with Crippen LogP contribution in [0.1, 0.15) is 17.7 Å². The molecule has 1 heterocycles. The van der Waals surface area contributed by atoms with E-state index in [1.165, 1.54) is 17.8 Å². The fraction of sp³-hybridized carbons (Fsp3) is 0.188. The highest BCUT2D eigenvalue weighted by Gasteiger charge is 1.92. The van der Waals surface area contributed by atoms with Gasteiger partial charge in [-0.3, -0.25) is 4.98 Å². The van der Waals surface area contributed by atoms with E-state index >= 15 is 0 Å². The zero-order chi connectivity index (χ0) is 13.3. The quantitative estimate of drug-likeness (QED) is 0.733. The first-order chi connectivity index (χ1) is 9.34. The Labute approximate surface area is 112 Å². The molecule has 0 radical (unpaired) electrons. The lowest BCUT2D eigenvalue weighted by Gasteiger charge is -2.01. The second-order valence-electron chi connectivity index (χ2n) is 4.13. The summed E-state index contributed by atoms with van der Waals surface area (Å²) in [6, 6.07) is 13.1. The van der Waals surface area contributed by atoms with Crippen LogP contribution in [0.4, 0.5) is 4.39 Å². The second kappa shape index (κ2) is 7.44. The number of hydrogen-bond donors (Lipinski definition) is 0. The number of nitrogens with zero attached hydrogens (tertiary/aromatic N) is 1. The molecule has 0 N–H and O–H groups in total. The molecular formula is C16H16FNO. The lowest BCUT2D eigenvalue weighted by atomic mass is 10.2. The van der Waals surface area contributed by atoms with E-state index in [4.69, 9.17) is 4.74 Å². The molecule has 0 aliphatic carbocycles. The summed E-state index contributed by atoms with van der Waals surface area (Å²) < 4.78 is 18.2. The van der Waals surface area contributed by atoms with E-state index in [0.717, 1.165) is 12.1 Å². The van der Waals surface area contributed by atoms with Crippen molar-refractivity contribution in [3.05, 3.63) is 71.8 Å². The van der Waals surface area contributed by atoms with Gasteiger partial charge in [-0.1, -0.05) is 36.4 Å². The van der Waals surface area contributed by atoms with E-state index in [1.807, 2.05) is 42.5 Å². The van der Waals surface area contributed by atoms with Crippen molar-refractivity contribution in [2.24, 2.45) is 0 Å². The van der Waals surface area contributed by atoms with Crippen molar-refractivity contribution >= 4 is 6.08 Å². The molecule has 0 aliphatic rings. The molecule has 0 bridgehead atoms. The van der Waals surface area contributed by atoms with Crippen molar-refractivity contribution in [3.63, 3.8) is 0 Å². The summed E-state index contributed by atoms with van der Waals surface area (Å²) in [5.41, 5.74) is 1.93. The minimum Gasteiger partial charge on any atom is -0.376 e. The third-order valence-electron chi connectivity index (χ3n) is 2.58. The van der Waals surface area contributed by atoms with E-state index in [2.05, 4.69) is 4.98 Å². The first-order valence-electron chi connectivity index (χ1n) is 6.24. The van der Waals surface area contributed by atoms with E-state index in [-0.39, 0.29) is 5.82 Å². The lowest BCUT2D eigenvalue weighted by molar-refractivity contribution is 0.125. The number of rotatable bonds is 6. The maximum Gasteiger partial charge on any atom is 0.141 e. The molecule has 0 saturated carbocycles. The predicted molar refractivity (Wildman–Crippen MR) is 73.9 cm³/mol. The third-order valence-corrected chi connectivity index (χ3v) is 2.58. The molecule has 2 nitrogen and oxygen atoms in total. The van der Waals surface area contributed by atoms with Gasteiger partial charge in [-0.25, -0.2) is 4.39 Å². The first kappa shape index (κ1) is 13.4. The molecule has 0 fully saturated rings. The number of pyridine rings is 1. The van der Waals surface area contributed by atoms with E-state index < -0.39 is 0 Å². The summed E-state index contributed by atoms with van der Waals surface area (Å²) in [6.07, 6.45) is 5.87. The minimum atomic E-state index is -0.316. The maximum absolute atomic E-state index is 12.6. The molecule has 98 valence electrons. The average Bonchev–Trinajstić information content (AvgIpc) is 2.46. The zero-order valence-corrected chi connectivity index (χ0v) is 10.6. The normalized spacial score (nSPS) is 11.0. The smallest absolute Gasteiger partial charge is 0.141 e. The Morgan fingerprint density at radius 2 is 1.95 bits per heavy atom. The molecule has 0 amide bonds. The number of halogens is 1. The van der Waals surface area contributed by atoms with Crippen molar-refractivity contribution in [1.29, 1.82) is 0 Å². The SMILES string of the molecule is Fc1ccc(/C=C\CCOCc2ccccc2)nc1. The lowest BCUT2D eigenvalue weighted by Crippen LogP contribution is -1.93. The monoisotopic (exact) mass is 257 g/mol. The van der Waals surface area contributed by atoms with Gasteiger partial charge in [-0.05, 0) is 30.2 Å². The maximum atomic E-state index is 12.6. The van der Waals surface area contributed by atoms with Crippen LogP contribution in [0.2, 0.25) is 0 Å². The molecule has 0 atom stereocenters. The van der Waals surface area contributed by atoms with E-state index in [9.17, 15) is 4.39 Å². The van der Waals surface area contributed by atoms with Crippen molar-refractivity contribution in [1.82, 2.24) is 4.98 Å². The van der Waals surface area contributed by atoms with E-state index in [0.29, 0.717) is 13.2 Å². The largest absolute Gasteiger partial charge is 0.376 e. The Balaban J connectivity index is 1.65. The summed E-state index contributed by atoms with van der Waals surface area (Å²) >= 11 is 0. The van der Waals surface area contributed by atoms with Gasteiger partial charge in [0.1, 0.15) is 5.82 Å². The molecule has 1 aromatic carbocycles. The minimum absolute atomic E-state index is 0.316. The van der Waals surface area contributed by atoms with Crippen molar-refractivity contribution in [2.45, 2.75) is 13.0 Å². The van der Waals surface area contributed by atoms with Gasteiger partial charge < -0.3 is 4.74 Å². The third kappa shape index (κ3) is 5.02. The van der Waals surface area contributed by atoms with Crippen LogP contribution in [0.15, 0.2) is 54.7 Å². The van der Waals surface area contributed by atoms with Gasteiger partial charge in [-0.2, -0.15) is 0 Å². The molecule has 3 heteroatoms. The summed E-state index contributed by atoms with van der Waals surface area (Å²) in [5, 5.41) is 0. The van der Waals surface area contributed by atoms with Crippen LogP contribution in [0.25, 0.3) is 6.08 Å². The van der Waals surface area contributed by atoms with Gasteiger partial charge in [0, 0.05) is 0 Å². The highest BCUT2D eigenvalue weighted by atomic mass is 19.1. The van der Waals surface area contributed by atoms with Crippen LogP contribution in [0.5, 0.6) is 0 Å². The van der Waals surface area contributed by atoms with Crippen molar-refractivity contribution in [3.8, 4) is 0 Å². The van der Waals surface area contributed by atoms with Gasteiger partial charge in [0.15, 0.2) is 0 Å². The van der Waals surface area contributed by atoms with Crippen molar-refractivity contribution in [2.75, 3.05) is 6.61 Å². The molecule has 2 rings (SSSR count). The Kier molecular flexibility index (Phi) is 5.26. The van der Waals surface area contributed by atoms with Gasteiger partial charge in [0.2, 0.25) is 0 Å². The Morgan fingerprint density at radius 3 is 2.68 bits per heavy atom. The highest BCUT2D eigenvalue weighted by molar-refractivity contribution is 5.43. The number of benzene rings is 1. The molecule has 0 aliphatic heterocycles. The topological polar surface area (TPSA) is 22.1 Å². The summed E-state index contributed by atoms with van der Waals surface area (Å²) in [4.78, 5) is 3.94. The fourth-order valence-electron chi connectivity index (χ4n) is 1.61. The van der Waals surface area contributed by atoms with Crippen LogP contribution in [0.3, 0.4) is 0 Å². The van der Waals surface area contributed by atoms with Crippen LogP contribution in [-0.2, 0) is 11.3 Å². The van der Waals surface area contributed by atoms with E-state index in [1.54, 1.807) is 6.07 Å². The molecule has 0 spiro atoms. The highest BCUT2D eigenvalue weighted by Crippen LogP contribution is 2.03. The second-order valence-corrected chi connectivity index (χ2v) is 4.13. The number of ether oxygens (including phenoxy) is 1. The molecule has 0 saturated heterocycles. The molecular weight excluding hydrogens is 241 g/mol. The van der Waals surface area contributed by atoms with Crippen LogP contribution >= 0.6 is 0 Å². The zero-order valence-electron chi connectivity index (χ0n) is 10.6. The van der Waals surface area contributed by atoms with Crippen LogP contribution in [-0.4, -0.2) is 11.6 Å². The molecule has 2 aromatic rings. The van der Waals surface area contributed by atoms with Gasteiger partial charge >= 0.3 is 0 Å². The number of hydrogen-bond acceptors (Lipinski definition) is 2. The van der Waals surface area contributed by atoms with Gasteiger partial charge in [0.05, 0.1) is 25.1 Å². The van der Waals surface area contributed by atoms with Crippen molar-refractivity contribution < 1.29 is 9.13 Å². The van der Waals surface area contributed by atoms with Gasteiger partial charge in [0.25, 0.3) is 0 Å². The summed E-state index contributed by atoms with van der Waals surface area (Å²) in [7, 11) is 0. The standard InChI is InChI=1S/C16H16FNO/c17-15-9-10-16(18-12-15)8-4-5-11-19-13-14-6-2-1-3-7-14/h1-4,6-10,12H,5,11,13H2/b8-4-. The summed E-state index contributed by atoms with van der Waals surface area (Å²) in [6.45, 7) is 1.29. The fourth-order valence-corrected chi connectivity index (χ4v) is 1.61. The first-order valence-corrected chi connectivity index (χ1v) is 6.24. The summed E-state index contributed by atoms with van der Waals surface area (Å²) in [5.74, 6) is -0.316. The van der Waals surface area contributed by atoms with Crippen LogP contribution in [0, 0.1) is 5.82 Å². The van der Waals surface area contributed by atoms with Gasteiger partial charge in [-0.15, -0.1) is 0 Å². The predicted octanol–water partition coefficient (Wildman–Crippen LogP) is 3.84. The Morgan fingerprint density at radius 1 is 1.11 bits per heavy atom. The number of aromatic nitrogens is 1. The molecule has 19 heavy (non-hydrogen) atoms. The molecule has 1 aromatic heterocycles. The van der Waals surface area contributed by atoms with Crippen LogP contribution < -0.4 is 0 Å².